The number of aromatic hydroxyl groups is 1. The zero-order valence-corrected chi connectivity index (χ0v) is 15.6. The lowest BCUT2D eigenvalue weighted by Crippen LogP contribution is -2.25. The molecule has 5 heteroatoms. The third-order valence-electron chi connectivity index (χ3n) is 5.20. The molecule has 1 aliphatic carbocycles. The minimum absolute atomic E-state index is 0.139. The second-order valence-corrected chi connectivity index (χ2v) is 7.16. The molecule has 2 aromatic carbocycles. The van der Waals surface area contributed by atoms with Gasteiger partial charge in [-0.05, 0) is 55.2 Å². The van der Waals surface area contributed by atoms with Crippen LogP contribution in [0.2, 0.25) is 0 Å². The van der Waals surface area contributed by atoms with Crippen LogP contribution in [0.25, 0.3) is 11.0 Å². The van der Waals surface area contributed by atoms with E-state index in [1.165, 1.54) is 18.4 Å². The first-order valence-electron chi connectivity index (χ1n) is 9.17. The van der Waals surface area contributed by atoms with Gasteiger partial charge in [0.1, 0.15) is 17.1 Å². The summed E-state index contributed by atoms with van der Waals surface area (Å²) < 4.78 is 10.6. The van der Waals surface area contributed by atoms with E-state index in [0.717, 1.165) is 23.2 Å². The zero-order chi connectivity index (χ0) is 19.0. The minimum Gasteiger partial charge on any atom is -0.508 e. The monoisotopic (exact) mass is 365 g/mol. The van der Waals surface area contributed by atoms with Crippen LogP contribution in [0.3, 0.4) is 0 Å². The highest BCUT2D eigenvalue weighted by atomic mass is 16.5. The Morgan fingerprint density at radius 1 is 1.15 bits per heavy atom. The number of benzene rings is 2. The average molecular weight is 365 g/mol. The van der Waals surface area contributed by atoms with E-state index in [-0.39, 0.29) is 11.4 Å². The summed E-state index contributed by atoms with van der Waals surface area (Å²) in [4.78, 5) is 14.5. The molecule has 1 fully saturated rings. The molecule has 27 heavy (non-hydrogen) atoms. The summed E-state index contributed by atoms with van der Waals surface area (Å²) in [6.45, 7) is 3.25. The Bertz CT molecular complexity index is 1020. The molecule has 1 saturated carbocycles. The molecule has 4 rings (SSSR count). The molecule has 0 aliphatic heterocycles. The summed E-state index contributed by atoms with van der Waals surface area (Å²) in [6.07, 6.45) is 2.35. The van der Waals surface area contributed by atoms with Crippen molar-refractivity contribution < 1.29 is 14.3 Å². The molecule has 0 unspecified atom stereocenters. The van der Waals surface area contributed by atoms with Crippen molar-refractivity contribution >= 4 is 11.0 Å². The van der Waals surface area contributed by atoms with E-state index in [0.29, 0.717) is 23.7 Å². The number of hydrogen-bond acceptors (Lipinski definition) is 5. The molecule has 0 saturated heterocycles. The average Bonchev–Trinajstić information content (AvgIpc) is 3.50. The lowest BCUT2D eigenvalue weighted by molar-refractivity contribution is 0.246. The van der Waals surface area contributed by atoms with E-state index in [1.54, 1.807) is 26.2 Å². The summed E-state index contributed by atoms with van der Waals surface area (Å²) in [7, 11) is 1.66. The van der Waals surface area contributed by atoms with Gasteiger partial charge in [-0.25, -0.2) is 4.79 Å². The van der Waals surface area contributed by atoms with E-state index in [4.69, 9.17) is 9.15 Å². The van der Waals surface area contributed by atoms with Crippen LogP contribution in [0.1, 0.15) is 29.5 Å². The van der Waals surface area contributed by atoms with Crippen molar-refractivity contribution in [1.29, 1.82) is 0 Å². The SMILES string of the molecule is COc1ccc(CN(Cc2cc(=O)oc3c(C)c(O)ccc23)C2CC2)cc1. The van der Waals surface area contributed by atoms with Crippen LogP contribution >= 0.6 is 0 Å². The fraction of sp³-hybridized carbons (Fsp3) is 0.318. The van der Waals surface area contributed by atoms with Gasteiger partial charge in [-0.3, -0.25) is 4.90 Å². The van der Waals surface area contributed by atoms with Gasteiger partial charge in [0.15, 0.2) is 0 Å². The maximum Gasteiger partial charge on any atom is 0.336 e. The molecular formula is C22H23NO4. The minimum atomic E-state index is -0.383. The Morgan fingerprint density at radius 2 is 1.89 bits per heavy atom. The Balaban J connectivity index is 1.66. The highest BCUT2D eigenvalue weighted by molar-refractivity contribution is 5.84. The molecule has 3 aromatic rings. The Kier molecular flexibility index (Phi) is 4.62. The molecule has 0 amide bonds. The smallest absolute Gasteiger partial charge is 0.336 e. The highest BCUT2D eigenvalue weighted by Crippen LogP contribution is 2.33. The Labute approximate surface area is 157 Å². The number of aryl methyl sites for hydroxylation is 1. The number of methoxy groups -OCH3 is 1. The molecule has 1 N–H and O–H groups in total. The van der Waals surface area contributed by atoms with Crippen LogP contribution in [0.15, 0.2) is 51.7 Å². The molecule has 140 valence electrons. The van der Waals surface area contributed by atoms with Gasteiger partial charge < -0.3 is 14.3 Å². The number of rotatable bonds is 6. The first-order valence-corrected chi connectivity index (χ1v) is 9.17. The maximum atomic E-state index is 12.1. The lowest BCUT2D eigenvalue weighted by Gasteiger charge is -2.23. The Morgan fingerprint density at radius 3 is 2.56 bits per heavy atom. The molecular weight excluding hydrogens is 342 g/mol. The largest absolute Gasteiger partial charge is 0.508 e. The molecule has 1 heterocycles. The summed E-state index contributed by atoms with van der Waals surface area (Å²) >= 11 is 0. The predicted molar refractivity (Wildman–Crippen MR) is 104 cm³/mol. The molecule has 0 radical (unpaired) electrons. The van der Waals surface area contributed by atoms with Crippen LogP contribution in [-0.2, 0) is 13.1 Å². The van der Waals surface area contributed by atoms with Crippen molar-refractivity contribution in [1.82, 2.24) is 4.90 Å². The highest BCUT2D eigenvalue weighted by Gasteiger charge is 2.29. The zero-order valence-electron chi connectivity index (χ0n) is 15.6. The second kappa shape index (κ2) is 7.08. The fourth-order valence-electron chi connectivity index (χ4n) is 3.48. The van der Waals surface area contributed by atoms with Crippen molar-refractivity contribution in [3.8, 4) is 11.5 Å². The number of ether oxygens (including phenoxy) is 1. The topological polar surface area (TPSA) is 62.9 Å². The van der Waals surface area contributed by atoms with Crippen LogP contribution in [0.4, 0.5) is 0 Å². The number of nitrogens with zero attached hydrogens (tertiary/aromatic N) is 1. The predicted octanol–water partition coefficient (Wildman–Crippen LogP) is 3.98. The van der Waals surface area contributed by atoms with Crippen LogP contribution in [0.5, 0.6) is 11.5 Å². The Hall–Kier alpha value is -2.79. The third-order valence-corrected chi connectivity index (χ3v) is 5.20. The first-order chi connectivity index (χ1) is 13.0. The van der Waals surface area contributed by atoms with Gasteiger partial charge in [0.05, 0.1) is 7.11 Å². The van der Waals surface area contributed by atoms with Crippen molar-refractivity contribution in [3.05, 3.63) is 69.6 Å². The number of phenols is 1. The molecule has 0 atom stereocenters. The molecule has 5 nitrogen and oxygen atoms in total. The number of phenolic OH excluding ortho intramolecular Hbond substituents is 1. The van der Waals surface area contributed by atoms with Gasteiger partial charge in [-0.1, -0.05) is 12.1 Å². The second-order valence-electron chi connectivity index (χ2n) is 7.16. The van der Waals surface area contributed by atoms with Gasteiger partial charge in [0.2, 0.25) is 0 Å². The molecule has 0 bridgehead atoms. The summed E-state index contributed by atoms with van der Waals surface area (Å²) in [5.74, 6) is 0.985. The first kappa shape index (κ1) is 17.6. The van der Waals surface area contributed by atoms with Crippen molar-refractivity contribution in [3.63, 3.8) is 0 Å². The van der Waals surface area contributed by atoms with E-state index in [1.807, 2.05) is 18.2 Å². The van der Waals surface area contributed by atoms with Crippen molar-refractivity contribution in [2.45, 2.75) is 38.9 Å². The summed E-state index contributed by atoms with van der Waals surface area (Å²) in [6, 6.07) is 13.7. The van der Waals surface area contributed by atoms with Gasteiger partial charge in [0.25, 0.3) is 0 Å². The third kappa shape index (κ3) is 3.69. The summed E-state index contributed by atoms with van der Waals surface area (Å²) in [5.41, 5.74) is 2.83. The quantitative estimate of drug-likeness (QED) is 0.670. The lowest BCUT2D eigenvalue weighted by atomic mass is 10.1. The van der Waals surface area contributed by atoms with Crippen molar-refractivity contribution in [2.24, 2.45) is 0 Å². The van der Waals surface area contributed by atoms with Gasteiger partial charge in [-0.15, -0.1) is 0 Å². The van der Waals surface area contributed by atoms with Gasteiger partial charge in [0, 0.05) is 36.1 Å². The van der Waals surface area contributed by atoms with Gasteiger partial charge in [-0.2, -0.15) is 0 Å². The number of hydrogen-bond donors (Lipinski definition) is 1. The molecule has 1 aliphatic rings. The van der Waals surface area contributed by atoms with E-state index in [9.17, 15) is 9.90 Å². The normalized spacial score (nSPS) is 14.0. The van der Waals surface area contributed by atoms with Crippen LogP contribution in [0, 0.1) is 6.92 Å². The standard InChI is InChI=1S/C22H23NO4/c1-14-20(24)10-9-19-16(11-21(25)27-22(14)19)13-23(17-5-6-17)12-15-3-7-18(26-2)8-4-15/h3-4,7-11,17,24H,5-6,12-13H2,1-2H3. The fourth-order valence-corrected chi connectivity index (χ4v) is 3.48. The summed E-state index contributed by atoms with van der Waals surface area (Å²) in [5, 5.41) is 10.8. The van der Waals surface area contributed by atoms with Crippen LogP contribution in [-0.4, -0.2) is 23.2 Å². The van der Waals surface area contributed by atoms with E-state index >= 15 is 0 Å². The molecule has 1 aromatic heterocycles. The molecule has 0 spiro atoms. The maximum absolute atomic E-state index is 12.1. The number of fused-ring (bicyclic) bond motifs is 1. The van der Waals surface area contributed by atoms with E-state index in [2.05, 4.69) is 17.0 Å². The van der Waals surface area contributed by atoms with Crippen molar-refractivity contribution in [2.75, 3.05) is 7.11 Å². The van der Waals surface area contributed by atoms with E-state index < -0.39 is 0 Å². The van der Waals surface area contributed by atoms with Gasteiger partial charge >= 0.3 is 5.63 Å². The van der Waals surface area contributed by atoms with Crippen LogP contribution < -0.4 is 10.4 Å².